The molecule has 0 aromatic heterocycles. The third-order valence-corrected chi connectivity index (χ3v) is 4.62. The highest BCUT2D eigenvalue weighted by Crippen LogP contribution is 2.23. The van der Waals surface area contributed by atoms with Gasteiger partial charge in [0, 0.05) is 25.2 Å². The number of likely N-dealkylation sites (tertiary alicyclic amines) is 1. The Morgan fingerprint density at radius 3 is 2.62 bits per heavy atom. The van der Waals surface area contributed by atoms with Crippen molar-refractivity contribution in [3.05, 3.63) is 34.9 Å². The van der Waals surface area contributed by atoms with Crippen molar-refractivity contribution in [2.24, 2.45) is 0 Å². The van der Waals surface area contributed by atoms with Crippen LogP contribution in [0.5, 0.6) is 0 Å². The van der Waals surface area contributed by atoms with E-state index >= 15 is 0 Å². The molecule has 0 unspecified atom stereocenters. The lowest BCUT2D eigenvalue weighted by molar-refractivity contribution is -0.0893. The molecule has 0 spiro atoms. The number of piperidine rings is 1. The fourth-order valence-corrected chi connectivity index (χ4v) is 3.51. The molecule has 1 aromatic rings. The highest BCUT2D eigenvalue weighted by atomic mass is 16.5. The lowest BCUT2D eigenvalue weighted by atomic mass is 9.98. The molecule has 0 aliphatic carbocycles. The zero-order valence-corrected chi connectivity index (χ0v) is 13.1. The van der Waals surface area contributed by atoms with E-state index in [0.717, 1.165) is 49.4 Å². The number of carbonyl (C=O) groups is 1. The van der Waals surface area contributed by atoms with Crippen molar-refractivity contribution in [3.8, 4) is 0 Å². The summed E-state index contributed by atoms with van der Waals surface area (Å²) in [6.07, 6.45) is 1.22. The zero-order valence-electron chi connectivity index (χ0n) is 13.1. The van der Waals surface area contributed by atoms with Crippen molar-refractivity contribution < 1.29 is 9.53 Å². The summed E-state index contributed by atoms with van der Waals surface area (Å²) in [5.41, 5.74) is 3.10. The summed E-state index contributed by atoms with van der Waals surface area (Å²) in [7, 11) is 2.13. The lowest BCUT2D eigenvalue weighted by Gasteiger charge is -2.45. The van der Waals surface area contributed by atoms with E-state index in [-0.39, 0.29) is 12.0 Å². The average molecular weight is 288 g/mol. The molecular formula is C17H24N2O2. The molecular weight excluding hydrogens is 264 g/mol. The van der Waals surface area contributed by atoms with Gasteiger partial charge in [-0.15, -0.1) is 0 Å². The van der Waals surface area contributed by atoms with Gasteiger partial charge in [-0.1, -0.05) is 17.2 Å². The van der Waals surface area contributed by atoms with Crippen LogP contribution in [0.2, 0.25) is 0 Å². The Labute approximate surface area is 126 Å². The molecule has 3 rings (SSSR count). The predicted octanol–water partition coefficient (Wildman–Crippen LogP) is 1.85. The van der Waals surface area contributed by atoms with Gasteiger partial charge in [-0.2, -0.15) is 0 Å². The maximum atomic E-state index is 12.8. The van der Waals surface area contributed by atoms with Crippen LogP contribution in [0.15, 0.2) is 18.2 Å². The van der Waals surface area contributed by atoms with Crippen LogP contribution in [-0.2, 0) is 4.74 Å². The van der Waals surface area contributed by atoms with E-state index in [0.29, 0.717) is 6.04 Å². The standard InChI is InChI=1S/C17H24N2O2/c1-12-8-13(2)10-14(9-12)17(20)19-5-4-16-15(11-19)18(3)6-7-21-16/h8-10,15-16H,4-7,11H2,1-3H3/t15-,16-/m0/s1. The molecule has 1 aromatic carbocycles. The number of benzene rings is 1. The van der Waals surface area contributed by atoms with Gasteiger partial charge in [0.25, 0.3) is 5.91 Å². The van der Waals surface area contributed by atoms with E-state index in [1.165, 1.54) is 0 Å². The molecule has 2 aliphatic rings. The van der Waals surface area contributed by atoms with Crippen molar-refractivity contribution in [1.29, 1.82) is 0 Å². The van der Waals surface area contributed by atoms with Crippen LogP contribution >= 0.6 is 0 Å². The zero-order chi connectivity index (χ0) is 15.0. The van der Waals surface area contributed by atoms with Crippen molar-refractivity contribution in [2.45, 2.75) is 32.4 Å². The van der Waals surface area contributed by atoms with Gasteiger partial charge in [0.1, 0.15) is 0 Å². The molecule has 2 atom stereocenters. The van der Waals surface area contributed by atoms with Crippen LogP contribution < -0.4 is 0 Å². The van der Waals surface area contributed by atoms with E-state index in [9.17, 15) is 4.79 Å². The first-order valence-electron chi connectivity index (χ1n) is 7.74. The number of ether oxygens (including phenoxy) is 1. The van der Waals surface area contributed by atoms with Crippen LogP contribution in [0.4, 0.5) is 0 Å². The Morgan fingerprint density at radius 2 is 1.90 bits per heavy atom. The number of hydrogen-bond donors (Lipinski definition) is 0. The molecule has 4 heteroatoms. The Kier molecular flexibility index (Phi) is 4.00. The summed E-state index contributed by atoms with van der Waals surface area (Å²) < 4.78 is 5.84. The summed E-state index contributed by atoms with van der Waals surface area (Å²) in [6, 6.07) is 6.42. The first-order chi connectivity index (χ1) is 10.0. The molecule has 2 aliphatic heterocycles. The van der Waals surface area contributed by atoms with E-state index in [1.54, 1.807) is 0 Å². The van der Waals surface area contributed by atoms with Crippen LogP contribution in [0.3, 0.4) is 0 Å². The van der Waals surface area contributed by atoms with Gasteiger partial charge in [0.15, 0.2) is 0 Å². The third-order valence-electron chi connectivity index (χ3n) is 4.62. The van der Waals surface area contributed by atoms with E-state index < -0.39 is 0 Å². The normalized spacial score (nSPS) is 26.5. The van der Waals surface area contributed by atoms with Gasteiger partial charge in [-0.25, -0.2) is 0 Å². The van der Waals surface area contributed by atoms with Crippen LogP contribution in [0.1, 0.15) is 27.9 Å². The van der Waals surface area contributed by atoms with Gasteiger partial charge in [-0.05, 0) is 39.4 Å². The largest absolute Gasteiger partial charge is 0.375 e. The number of morpholine rings is 1. The number of amides is 1. The van der Waals surface area contributed by atoms with Gasteiger partial charge in [0.2, 0.25) is 0 Å². The number of carbonyl (C=O) groups excluding carboxylic acids is 1. The lowest BCUT2D eigenvalue weighted by Crippen LogP contribution is -2.59. The predicted molar refractivity (Wildman–Crippen MR) is 82.6 cm³/mol. The molecule has 21 heavy (non-hydrogen) atoms. The fraction of sp³-hybridized carbons (Fsp3) is 0.588. The molecule has 114 valence electrons. The van der Waals surface area contributed by atoms with Crippen LogP contribution in [0.25, 0.3) is 0 Å². The summed E-state index contributed by atoms with van der Waals surface area (Å²) in [6.45, 7) is 7.40. The topological polar surface area (TPSA) is 32.8 Å². The summed E-state index contributed by atoms with van der Waals surface area (Å²) in [4.78, 5) is 17.1. The van der Waals surface area contributed by atoms with Crippen molar-refractivity contribution in [3.63, 3.8) is 0 Å². The van der Waals surface area contributed by atoms with Gasteiger partial charge >= 0.3 is 0 Å². The maximum absolute atomic E-state index is 12.8. The van der Waals surface area contributed by atoms with E-state index in [4.69, 9.17) is 4.74 Å². The molecule has 2 heterocycles. The molecule has 0 bridgehead atoms. The van der Waals surface area contributed by atoms with Gasteiger partial charge in [0.05, 0.1) is 18.8 Å². The fourth-order valence-electron chi connectivity index (χ4n) is 3.51. The van der Waals surface area contributed by atoms with Crippen LogP contribution in [0, 0.1) is 13.8 Å². The second kappa shape index (κ2) is 5.78. The molecule has 0 radical (unpaired) electrons. The molecule has 0 N–H and O–H groups in total. The quantitative estimate of drug-likeness (QED) is 0.790. The number of aryl methyl sites for hydroxylation is 2. The molecule has 0 saturated carbocycles. The summed E-state index contributed by atoms with van der Waals surface area (Å²) in [5, 5.41) is 0. The third kappa shape index (κ3) is 2.97. The van der Waals surface area contributed by atoms with Gasteiger partial charge in [-0.3, -0.25) is 9.69 Å². The SMILES string of the molecule is Cc1cc(C)cc(C(=O)N2CC[C@@H]3OCCN(C)[C@H]3C2)c1. The highest BCUT2D eigenvalue weighted by molar-refractivity contribution is 5.94. The number of fused-ring (bicyclic) bond motifs is 1. The second-order valence-corrected chi connectivity index (χ2v) is 6.37. The summed E-state index contributed by atoms with van der Waals surface area (Å²) in [5.74, 6) is 0.152. The highest BCUT2D eigenvalue weighted by Gasteiger charge is 2.37. The Hall–Kier alpha value is -1.39. The van der Waals surface area contributed by atoms with E-state index in [1.807, 2.05) is 30.9 Å². The number of nitrogens with zero attached hydrogens (tertiary/aromatic N) is 2. The minimum atomic E-state index is 0.152. The molecule has 2 saturated heterocycles. The van der Waals surface area contributed by atoms with E-state index in [2.05, 4.69) is 18.0 Å². The first-order valence-corrected chi connectivity index (χ1v) is 7.74. The number of likely N-dealkylation sites (N-methyl/N-ethyl adjacent to an activating group) is 1. The monoisotopic (exact) mass is 288 g/mol. The van der Waals surface area contributed by atoms with Crippen LogP contribution in [-0.4, -0.2) is 61.1 Å². The Balaban J connectivity index is 1.76. The van der Waals surface area contributed by atoms with Gasteiger partial charge < -0.3 is 9.64 Å². The molecule has 1 amide bonds. The number of rotatable bonds is 1. The van der Waals surface area contributed by atoms with Crippen molar-refractivity contribution in [1.82, 2.24) is 9.80 Å². The Bertz CT molecular complexity index is 523. The molecule has 4 nitrogen and oxygen atoms in total. The molecule has 2 fully saturated rings. The Morgan fingerprint density at radius 1 is 1.19 bits per heavy atom. The van der Waals surface area contributed by atoms with Crippen molar-refractivity contribution in [2.75, 3.05) is 33.3 Å². The first kappa shape index (κ1) is 14.5. The summed E-state index contributed by atoms with van der Waals surface area (Å²) >= 11 is 0. The average Bonchev–Trinajstić information content (AvgIpc) is 2.45. The second-order valence-electron chi connectivity index (χ2n) is 6.37. The minimum Gasteiger partial charge on any atom is -0.375 e. The minimum absolute atomic E-state index is 0.152. The maximum Gasteiger partial charge on any atom is 0.253 e. The smallest absolute Gasteiger partial charge is 0.253 e. The van der Waals surface area contributed by atoms with Crippen molar-refractivity contribution >= 4 is 5.91 Å². The number of hydrogen-bond acceptors (Lipinski definition) is 3.